The minimum absolute atomic E-state index is 0.0738. The van der Waals surface area contributed by atoms with Crippen LogP contribution in [0.4, 0.5) is 16.5 Å². The Hall–Kier alpha value is -3.78. The van der Waals surface area contributed by atoms with Crippen molar-refractivity contribution < 1.29 is 14.4 Å². The van der Waals surface area contributed by atoms with Gasteiger partial charge in [0.1, 0.15) is 0 Å². The van der Waals surface area contributed by atoms with Gasteiger partial charge in [-0.05, 0) is 36.3 Å². The van der Waals surface area contributed by atoms with Gasteiger partial charge in [0.25, 0.3) is 0 Å². The molecule has 0 aliphatic heterocycles. The van der Waals surface area contributed by atoms with Crippen LogP contribution in [0, 0.1) is 0 Å². The lowest BCUT2D eigenvalue weighted by Gasteiger charge is -2.17. The Morgan fingerprint density at radius 2 is 1.76 bits per heavy atom. The van der Waals surface area contributed by atoms with Gasteiger partial charge in [-0.25, -0.2) is 4.98 Å². The second-order valence-electron chi connectivity index (χ2n) is 7.33. The third kappa shape index (κ3) is 6.36. The van der Waals surface area contributed by atoms with E-state index in [0.717, 1.165) is 23.4 Å². The molecule has 1 heterocycles. The van der Waals surface area contributed by atoms with Gasteiger partial charge < -0.3 is 10.2 Å². The fraction of sp³-hybridized carbons (Fsp3) is 0.200. The number of aromatic nitrogens is 1. The monoisotopic (exact) mass is 462 g/mol. The Kier molecular flexibility index (Phi) is 8.10. The molecule has 0 aliphatic rings. The first-order chi connectivity index (χ1) is 15.9. The zero-order valence-electron chi connectivity index (χ0n) is 18.8. The van der Waals surface area contributed by atoms with Crippen molar-refractivity contribution in [1.29, 1.82) is 0 Å². The Balaban J connectivity index is 1.61. The summed E-state index contributed by atoms with van der Waals surface area (Å²) in [4.78, 5) is 44.3. The molecular weight excluding hydrogens is 436 g/mol. The number of hydrogen-bond acceptors (Lipinski definition) is 5. The van der Waals surface area contributed by atoms with Gasteiger partial charge in [0.15, 0.2) is 5.13 Å². The van der Waals surface area contributed by atoms with Crippen LogP contribution in [0.5, 0.6) is 0 Å². The van der Waals surface area contributed by atoms with E-state index < -0.39 is 0 Å². The van der Waals surface area contributed by atoms with Gasteiger partial charge in [-0.15, -0.1) is 11.3 Å². The molecule has 8 heteroatoms. The van der Waals surface area contributed by atoms with Crippen LogP contribution in [-0.4, -0.2) is 41.2 Å². The summed E-state index contributed by atoms with van der Waals surface area (Å²) in [7, 11) is 1.57. The molecule has 0 bridgehead atoms. The second kappa shape index (κ2) is 11.2. The molecule has 0 fully saturated rings. The summed E-state index contributed by atoms with van der Waals surface area (Å²) in [5.74, 6) is -0.747. The van der Waals surface area contributed by atoms with Gasteiger partial charge in [0, 0.05) is 31.1 Å². The van der Waals surface area contributed by atoms with Crippen LogP contribution >= 0.6 is 11.3 Å². The van der Waals surface area contributed by atoms with Gasteiger partial charge >= 0.3 is 0 Å². The Morgan fingerprint density at radius 3 is 2.45 bits per heavy atom. The predicted octanol–water partition coefficient (Wildman–Crippen LogP) is 4.50. The fourth-order valence-corrected chi connectivity index (χ4v) is 4.03. The van der Waals surface area contributed by atoms with E-state index in [1.807, 2.05) is 61.5 Å². The summed E-state index contributed by atoms with van der Waals surface area (Å²) in [5, 5.41) is 5.14. The molecule has 3 amide bonds. The first kappa shape index (κ1) is 23.9. The molecule has 1 aromatic heterocycles. The zero-order chi connectivity index (χ0) is 23.8. The molecule has 0 atom stereocenters. The van der Waals surface area contributed by atoms with Crippen LogP contribution in [0.25, 0.3) is 6.08 Å². The van der Waals surface area contributed by atoms with E-state index in [4.69, 9.17) is 0 Å². The molecule has 0 radical (unpaired) electrons. The average Bonchev–Trinajstić information content (AvgIpc) is 3.26. The molecular formula is C25H26N4O3S. The number of carbonyl (C=O) groups excluding carboxylic acids is 3. The summed E-state index contributed by atoms with van der Waals surface area (Å²) in [6, 6.07) is 16.8. The summed E-state index contributed by atoms with van der Waals surface area (Å²) in [6.45, 7) is 3.42. The second-order valence-corrected chi connectivity index (χ2v) is 8.17. The fourth-order valence-electron chi connectivity index (χ4n) is 3.18. The number of nitrogens with one attached hydrogen (secondary N) is 1. The van der Waals surface area contributed by atoms with Crippen LogP contribution in [0.1, 0.15) is 25.1 Å². The summed E-state index contributed by atoms with van der Waals surface area (Å²) in [6.07, 6.45) is 3.74. The van der Waals surface area contributed by atoms with Crippen LogP contribution in [0.15, 0.2) is 66.1 Å². The Morgan fingerprint density at radius 1 is 1.06 bits per heavy atom. The van der Waals surface area contributed by atoms with Crippen molar-refractivity contribution >= 4 is 51.6 Å². The summed E-state index contributed by atoms with van der Waals surface area (Å²) < 4.78 is 0. The van der Waals surface area contributed by atoms with Crippen molar-refractivity contribution in [3.8, 4) is 0 Å². The molecule has 0 unspecified atom stereocenters. The molecule has 7 nitrogen and oxygen atoms in total. The first-order valence-corrected chi connectivity index (χ1v) is 11.4. The Bertz CT molecular complexity index is 1160. The van der Waals surface area contributed by atoms with E-state index in [2.05, 4.69) is 10.3 Å². The van der Waals surface area contributed by atoms with Gasteiger partial charge in [-0.3, -0.25) is 19.3 Å². The Labute approximate surface area is 197 Å². The van der Waals surface area contributed by atoms with E-state index in [9.17, 15) is 14.4 Å². The highest BCUT2D eigenvalue weighted by Gasteiger charge is 2.17. The number of para-hydroxylation sites is 2. The van der Waals surface area contributed by atoms with E-state index in [1.54, 1.807) is 18.5 Å². The lowest BCUT2D eigenvalue weighted by Crippen LogP contribution is -2.34. The molecule has 3 rings (SSSR count). The standard InChI is InChI=1S/C25H26N4O3S/c1-4-19-10-8-9-13-22(19)27-23(31)16-28(3)24(32)15-14-20-17-33-25(26-20)29(18(2)30)21-11-6-5-7-12-21/h5-15,17H,4,16H2,1-3H3,(H,27,31)/b15-14+. The summed E-state index contributed by atoms with van der Waals surface area (Å²) in [5.41, 5.74) is 3.07. The SMILES string of the molecule is CCc1ccccc1NC(=O)CN(C)C(=O)/C=C/c1csc(N(C(C)=O)c2ccccc2)n1. The van der Waals surface area contributed by atoms with Crippen molar-refractivity contribution in [3.05, 3.63) is 77.3 Å². The predicted molar refractivity (Wildman–Crippen MR) is 132 cm³/mol. The zero-order valence-corrected chi connectivity index (χ0v) is 19.6. The van der Waals surface area contributed by atoms with Gasteiger partial charge in [0.2, 0.25) is 17.7 Å². The molecule has 2 aromatic carbocycles. The maximum atomic E-state index is 12.5. The molecule has 33 heavy (non-hydrogen) atoms. The maximum absolute atomic E-state index is 12.5. The smallest absolute Gasteiger partial charge is 0.246 e. The summed E-state index contributed by atoms with van der Waals surface area (Å²) >= 11 is 1.31. The van der Waals surface area contributed by atoms with Crippen LogP contribution < -0.4 is 10.2 Å². The molecule has 0 saturated carbocycles. The van der Waals surface area contributed by atoms with Crippen molar-refractivity contribution in [2.24, 2.45) is 0 Å². The van der Waals surface area contributed by atoms with Crippen molar-refractivity contribution in [1.82, 2.24) is 9.88 Å². The number of anilines is 3. The number of likely N-dealkylation sites (N-methyl/N-ethyl adjacent to an activating group) is 1. The molecule has 1 N–H and O–H groups in total. The van der Waals surface area contributed by atoms with Crippen LogP contribution in [-0.2, 0) is 20.8 Å². The molecule has 3 aromatic rings. The number of amides is 3. The molecule has 0 saturated heterocycles. The number of nitrogens with zero attached hydrogens (tertiary/aromatic N) is 3. The highest BCUT2D eigenvalue weighted by molar-refractivity contribution is 7.14. The number of thiazole rings is 1. The number of aryl methyl sites for hydroxylation is 1. The third-order valence-corrected chi connectivity index (χ3v) is 5.70. The first-order valence-electron chi connectivity index (χ1n) is 10.5. The van der Waals surface area contributed by atoms with E-state index in [1.165, 1.54) is 34.1 Å². The van der Waals surface area contributed by atoms with Crippen molar-refractivity contribution in [2.75, 3.05) is 23.8 Å². The topological polar surface area (TPSA) is 82.6 Å². The van der Waals surface area contributed by atoms with Gasteiger partial charge in [0.05, 0.1) is 17.9 Å². The number of rotatable bonds is 8. The normalized spacial score (nSPS) is 10.8. The quantitative estimate of drug-likeness (QED) is 0.500. The van der Waals surface area contributed by atoms with Crippen LogP contribution in [0.3, 0.4) is 0 Å². The largest absolute Gasteiger partial charge is 0.333 e. The minimum atomic E-state index is -0.324. The lowest BCUT2D eigenvalue weighted by atomic mass is 10.1. The number of hydrogen-bond donors (Lipinski definition) is 1. The number of benzene rings is 2. The number of carbonyl (C=O) groups is 3. The highest BCUT2D eigenvalue weighted by Crippen LogP contribution is 2.29. The van der Waals surface area contributed by atoms with Crippen molar-refractivity contribution in [2.45, 2.75) is 20.3 Å². The van der Waals surface area contributed by atoms with Gasteiger partial charge in [-0.2, -0.15) is 0 Å². The minimum Gasteiger partial charge on any atom is -0.333 e. The van der Waals surface area contributed by atoms with E-state index in [0.29, 0.717) is 10.8 Å². The lowest BCUT2D eigenvalue weighted by molar-refractivity contribution is -0.129. The van der Waals surface area contributed by atoms with E-state index >= 15 is 0 Å². The van der Waals surface area contributed by atoms with Crippen LogP contribution in [0.2, 0.25) is 0 Å². The van der Waals surface area contributed by atoms with Crippen molar-refractivity contribution in [3.63, 3.8) is 0 Å². The maximum Gasteiger partial charge on any atom is 0.246 e. The van der Waals surface area contributed by atoms with Gasteiger partial charge in [-0.1, -0.05) is 43.3 Å². The average molecular weight is 463 g/mol. The molecule has 0 spiro atoms. The molecule has 0 aliphatic carbocycles. The van der Waals surface area contributed by atoms with E-state index in [-0.39, 0.29) is 24.3 Å². The third-order valence-electron chi connectivity index (χ3n) is 4.86. The molecule has 170 valence electrons. The highest BCUT2D eigenvalue weighted by atomic mass is 32.1.